The van der Waals surface area contributed by atoms with Crippen molar-refractivity contribution >= 4 is 41.0 Å². The number of carbonyl (C=O) groups is 2. The lowest BCUT2D eigenvalue weighted by Crippen LogP contribution is -2.19. The maximum Gasteiger partial charge on any atom is 0.347 e. The van der Waals surface area contributed by atoms with Gasteiger partial charge in [-0.05, 0) is 55.0 Å². The molecule has 0 aliphatic rings. The summed E-state index contributed by atoms with van der Waals surface area (Å²) < 4.78 is 22.0. The summed E-state index contributed by atoms with van der Waals surface area (Å²) >= 11 is 1.18. The number of aromatic nitrogens is 1. The summed E-state index contributed by atoms with van der Waals surface area (Å²) in [5, 5.41) is 4.40. The van der Waals surface area contributed by atoms with Crippen LogP contribution < -0.4 is 19.6 Å². The molecule has 0 spiro atoms. The van der Waals surface area contributed by atoms with Crippen LogP contribution in [0.5, 0.6) is 17.2 Å². The molecule has 1 aromatic heterocycles. The van der Waals surface area contributed by atoms with E-state index in [-0.39, 0.29) is 17.4 Å². The average molecular weight is 506 g/mol. The van der Waals surface area contributed by atoms with Crippen molar-refractivity contribution in [2.45, 2.75) is 12.1 Å². The quantitative estimate of drug-likeness (QED) is 0.109. The van der Waals surface area contributed by atoms with E-state index in [4.69, 9.17) is 18.6 Å². The molecule has 0 unspecified atom stereocenters. The van der Waals surface area contributed by atoms with E-state index < -0.39 is 5.97 Å². The maximum atomic E-state index is 12.7. The highest BCUT2D eigenvalue weighted by atomic mass is 32.2. The minimum absolute atomic E-state index is 0.0895. The van der Waals surface area contributed by atoms with Gasteiger partial charge < -0.3 is 18.6 Å². The van der Waals surface area contributed by atoms with E-state index in [0.29, 0.717) is 40.0 Å². The predicted octanol–water partition coefficient (Wildman–Crippen LogP) is 4.70. The number of carbonyl (C=O) groups excluding carboxylic acids is 2. The van der Waals surface area contributed by atoms with Gasteiger partial charge in [0, 0.05) is 0 Å². The highest BCUT2D eigenvalue weighted by Gasteiger charge is 2.17. The highest BCUT2D eigenvalue weighted by molar-refractivity contribution is 7.99. The van der Waals surface area contributed by atoms with Crippen LogP contribution in [0.1, 0.15) is 22.8 Å². The summed E-state index contributed by atoms with van der Waals surface area (Å²) in [6.07, 6.45) is 1.47. The zero-order chi connectivity index (χ0) is 25.3. The smallest absolute Gasteiger partial charge is 0.347 e. The number of ether oxygens (including phenoxy) is 3. The van der Waals surface area contributed by atoms with Crippen LogP contribution in [0.4, 0.5) is 0 Å². The predicted molar refractivity (Wildman–Crippen MR) is 136 cm³/mol. The third kappa shape index (κ3) is 6.22. The zero-order valence-electron chi connectivity index (χ0n) is 19.6. The summed E-state index contributed by atoms with van der Waals surface area (Å²) in [4.78, 5) is 29.1. The SMILES string of the molecule is CCOc1cc(/C=N\NC(=O)CSc2nc3ccccc3o2)ccc1OC(=O)c1ccccc1OC. The first-order valence-electron chi connectivity index (χ1n) is 11.0. The number of nitrogens with one attached hydrogen (secondary N) is 1. The second-order valence-electron chi connectivity index (χ2n) is 7.26. The Morgan fingerprint density at radius 3 is 2.67 bits per heavy atom. The van der Waals surface area contributed by atoms with Crippen LogP contribution in [0.2, 0.25) is 0 Å². The second-order valence-corrected chi connectivity index (χ2v) is 8.18. The number of para-hydroxylation sites is 3. The van der Waals surface area contributed by atoms with E-state index in [2.05, 4.69) is 15.5 Å². The van der Waals surface area contributed by atoms with Gasteiger partial charge in [0.05, 0.1) is 25.7 Å². The molecule has 36 heavy (non-hydrogen) atoms. The van der Waals surface area contributed by atoms with Gasteiger partial charge in [-0.2, -0.15) is 5.10 Å². The molecule has 1 N–H and O–H groups in total. The topological polar surface area (TPSA) is 112 Å². The van der Waals surface area contributed by atoms with Crippen LogP contribution in [0.25, 0.3) is 11.1 Å². The highest BCUT2D eigenvalue weighted by Crippen LogP contribution is 2.30. The van der Waals surface area contributed by atoms with Gasteiger partial charge >= 0.3 is 5.97 Å². The molecule has 0 saturated heterocycles. The van der Waals surface area contributed by atoms with Gasteiger partial charge in [0.1, 0.15) is 16.8 Å². The Balaban J connectivity index is 1.36. The van der Waals surface area contributed by atoms with Crippen molar-refractivity contribution in [2.24, 2.45) is 5.10 Å². The van der Waals surface area contributed by atoms with E-state index in [0.717, 1.165) is 5.52 Å². The van der Waals surface area contributed by atoms with Gasteiger partial charge in [0.25, 0.3) is 11.1 Å². The number of esters is 1. The number of thioether (sulfide) groups is 1. The summed E-state index contributed by atoms with van der Waals surface area (Å²) in [5.74, 6) is 0.233. The van der Waals surface area contributed by atoms with Crippen molar-refractivity contribution in [2.75, 3.05) is 19.5 Å². The van der Waals surface area contributed by atoms with Crippen LogP contribution in [0.15, 0.2) is 81.5 Å². The lowest BCUT2D eigenvalue weighted by atomic mass is 10.2. The summed E-state index contributed by atoms with van der Waals surface area (Å²) in [6.45, 7) is 2.19. The number of nitrogens with zero attached hydrogens (tertiary/aromatic N) is 2. The molecule has 1 heterocycles. The molecule has 0 aliphatic carbocycles. The number of hydrogen-bond acceptors (Lipinski definition) is 9. The number of oxazole rings is 1. The fraction of sp³-hybridized carbons (Fsp3) is 0.154. The van der Waals surface area contributed by atoms with Crippen LogP contribution in [-0.2, 0) is 4.79 Å². The van der Waals surface area contributed by atoms with Crippen molar-refractivity contribution in [1.82, 2.24) is 10.4 Å². The molecule has 4 rings (SSSR count). The Bertz CT molecular complexity index is 1370. The molecule has 0 fully saturated rings. The third-order valence-corrected chi connectivity index (χ3v) is 5.63. The summed E-state index contributed by atoms with van der Waals surface area (Å²) in [6, 6.07) is 19.1. The van der Waals surface area contributed by atoms with Gasteiger partial charge in [-0.25, -0.2) is 15.2 Å². The molecule has 3 aromatic carbocycles. The molecule has 0 atom stereocenters. The molecule has 0 radical (unpaired) electrons. The number of rotatable bonds is 10. The number of amides is 1. The number of fused-ring (bicyclic) bond motifs is 1. The maximum absolute atomic E-state index is 12.7. The summed E-state index contributed by atoms with van der Waals surface area (Å²) in [7, 11) is 1.49. The van der Waals surface area contributed by atoms with E-state index in [1.165, 1.54) is 25.1 Å². The zero-order valence-corrected chi connectivity index (χ0v) is 20.4. The number of benzene rings is 3. The normalized spacial score (nSPS) is 10.9. The Labute approximate surface area is 211 Å². The summed E-state index contributed by atoms with van der Waals surface area (Å²) in [5.41, 5.74) is 4.81. The van der Waals surface area contributed by atoms with E-state index in [9.17, 15) is 9.59 Å². The molecule has 0 saturated carbocycles. The fourth-order valence-electron chi connectivity index (χ4n) is 3.18. The van der Waals surface area contributed by atoms with Crippen LogP contribution in [-0.4, -0.2) is 42.5 Å². The number of hydrogen-bond donors (Lipinski definition) is 1. The van der Waals surface area contributed by atoms with Crippen molar-refractivity contribution in [1.29, 1.82) is 0 Å². The average Bonchev–Trinajstić information content (AvgIpc) is 3.32. The first kappa shape index (κ1) is 24.8. The monoisotopic (exact) mass is 505 g/mol. The minimum atomic E-state index is -0.571. The largest absolute Gasteiger partial charge is 0.496 e. The van der Waals surface area contributed by atoms with E-state index >= 15 is 0 Å². The van der Waals surface area contributed by atoms with Crippen LogP contribution >= 0.6 is 11.8 Å². The van der Waals surface area contributed by atoms with Gasteiger partial charge in [-0.15, -0.1) is 0 Å². The molecule has 1 amide bonds. The van der Waals surface area contributed by atoms with Gasteiger partial charge in [0.2, 0.25) is 0 Å². The fourth-order valence-corrected chi connectivity index (χ4v) is 3.81. The van der Waals surface area contributed by atoms with E-state index in [1.807, 2.05) is 31.2 Å². The van der Waals surface area contributed by atoms with Crippen molar-refractivity contribution < 1.29 is 28.2 Å². The van der Waals surface area contributed by atoms with Gasteiger partial charge in [0.15, 0.2) is 17.1 Å². The number of methoxy groups -OCH3 is 1. The molecule has 4 aromatic rings. The van der Waals surface area contributed by atoms with E-state index in [1.54, 1.807) is 42.5 Å². The lowest BCUT2D eigenvalue weighted by Gasteiger charge is -2.12. The minimum Gasteiger partial charge on any atom is -0.496 e. The molecule has 0 bridgehead atoms. The first-order chi connectivity index (χ1) is 17.6. The molecule has 10 heteroatoms. The first-order valence-corrected chi connectivity index (χ1v) is 12.0. The third-order valence-electron chi connectivity index (χ3n) is 4.80. The van der Waals surface area contributed by atoms with Crippen molar-refractivity contribution in [3.05, 3.63) is 77.9 Å². The van der Waals surface area contributed by atoms with Crippen LogP contribution in [0.3, 0.4) is 0 Å². The van der Waals surface area contributed by atoms with Crippen molar-refractivity contribution in [3.8, 4) is 17.2 Å². The van der Waals surface area contributed by atoms with Crippen LogP contribution in [0, 0.1) is 0 Å². The van der Waals surface area contributed by atoms with Gasteiger partial charge in [-0.3, -0.25) is 4.79 Å². The second kappa shape index (κ2) is 11.9. The lowest BCUT2D eigenvalue weighted by molar-refractivity contribution is -0.118. The number of hydrazone groups is 1. The standard InChI is InChI=1S/C26H23N3O6S/c1-3-33-23-14-17(12-13-22(23)34-25(31)18-8-4-6-10-20(18)32-2)15-27-29-24(30)16-36-26-28-19-9-5-7-11-21(19)35-26/h4-15H,3,16H2,1-2H3,(H,29,30)/b27-15-. The Morgan fingerprint density at radius 1 is 1.06 bits per heavy atom. The molecule has 9 nitrogen and oxygen atoms in total. The Morgan fingerprint density at radius 2 is 1.86 bits per heavy atom. The Kier molecular flexibility index (Phi) is 8.20. The van der Waals surface area contributed by atoms with Crippen molar-refractivity contribution in [3.63, 3.8) is 0 Å². The molecule has 0 aliphatic heterocycles. The van der Waals surface area contributed by atoms with Gasteiger partial charge in [-0.1, -0.05) is 36.0 Å². The molecule has 184 valence electrons. The molecular weight excluding hydrogens is 482 g/mol. The Hall–Kier alpha value is -4.31. The molecular formula is C26H23N3O6S.